The first-order valence-corrected chi connectivity index (χ1v) is 7.21. The number of nitrogens with two attached hydrogens (primary N) is 1. The summed E-state index contributed by atoms with van der Waals surface area (Å²) in [6, 6.07) is 10.5. The van der Waals surface area contributed by atoms with E-state index in [1.807, 2.05) is 0 Å². The fourth-order valence-electron chi connectivity index (χ4n) is 1.77. The van der Waals surface area contributed by atoms with E-state index in [-0.39, 0.29) is 9.79 Å². The number of hydrogen-bond donors (Lipinski definition) is 1. The van der Waals surface area contributed by atoms with Crippen LogP contribution in [0.25, 0.3) is 0 Å². The average Bonchev–Trinajstić information content (AvgIpc) is 2.47. The quantitative estimate of drug-likeness (QED) is 0.678. The summed E-state index contributed by atoms with van der Waals surface area (Å²) in [5.41, 5.74) is 4.08. The highest BCUT2D eigenvalue weighted by molar-refractivity contribution is 7.91. The molecule has 0 radical (unpaired) electrons. The Kier molecular flexibility index (Phi) is 3.72. The normalized spacial score (nSPS) is 11.0. The van der Waals surface area contributed by atoms with Crippen LogP contribution in [0.15, 0.2) is 58.3 Å². The summed E-state index contributed by atoms with van der Waals surface area (Å²) in [6.07, 6.45) is 0. The molecule has 7 nitrogen and oxygen atoms in total. The minimum absolute atomic E-state index is 0.0225. The third-order valence-corrected chi connectivity index (χ3v) is 4.56. The maximum absolute atomic E-state index is 12.4. The molecule has 0 aliphatic rings. The number of nitrogens with zero attached hydrogens (tertiary/aromatic N) is 1. The van der Waals surface area contributed by atoms with Gasteiger partial charge in [0.2, 0.25) is 9.84 Å². The Morgan fingerprint density at radius 2 is 1.67 bits per heavy atom. The van der Waals surface area contributed by atoms with E-state index in [0.29, 0.717) is 0 Å². The van der Waals surface area contributed by atoms with Gasteiger partial charge in [0, 0.05) is 6.07 Å². The van der Waals surface area contributed by atoms with Crippen LogP contribution < -0.4 is 5.73 Å². The largest absolute Gasteiger partial charge is 0.365 e. The van der Waals surface area contributed by atoms with E-state index in [9.17, 15) is 23.3 Å². The van der Waals surface area contributed by atoms with Crippen LogP contribution in [0.5, 0.6) is 0 Å². The Morgan fingerprint density at radius 1 is 1.05 bits per heavy atom. The number of carbonyl (C=O) groups excluding carboxylic acids is 1. The molecule has 0 fully saturated rings. The standard InChI is InChI=1S/C13H10N2O5S/c14-13(16)11-8-10(6-7-12(11)15(17)18)21(19,20)9-4-2-1-3-5-9/h1-8H,(H2,14,16). The molecule has 108 valence electrons. The molecule has 0 aliphatic heterocycles. The molecule has 0 bridgehead atoms. The number of rotatable bonds is 4. The first-order valence-electron chi connectivity index (χ1n) is 5.72. The molecule has 0 spiro atoms. The molecule has 2 aromatic carbocycles. The molecule has 0 unspecified atom stereocenters. The lowest BCUT2D eigenvalue weighted by Crippen LogP contribution is -2.14. The van der Waals surface area contributed by atoms with Crippen LogP contribution in [0.4, 0.5) is 5.69 Å². The second-order valence-electron chi connectivity index (χ2n) is 4.12. The molecule has 0 saturated carbocycles. The van der Waals surface area contributed by atoms with E-state index in [1.54, 1.807) is 18.2 Å². The Morgan fingerprint density at radius 3 is 2.19 bits per heavy atom. The van der Waals surface area contributed by atoms with Crippen molar-refractivity contribution in [2.75, 3.05) is 0 Å². The molecule has 0 saturated heterocycles. The van der Waals surface area contributed by atoms with E-state index in [4.69, 9.17) is 5.73 Å². The third kappa shape index (κ3) is 2.75. The van der Waals surface area contributed by atoms with Crippen molar-refractivity contribution < 1.29 is 18.1 Å². The Balaban J connectivity index is 2.64. The van der Waals surface area contributed by atoms with Gasteiger partial charge >= 0.3 is 0 Å². The fourth-order valence-corrected chi connectivity index (χ4v) is 3.08. The Labute approximate surface area is 120 Å². The lowest BCUT2D eigenvalue weighted by atomic mass is 10.2. The molecule has 21 heavy (non-hydrogen) atoms. The van der Waals surface area contributed by atoms with Crippen molar-refractivity contribution >= 4 is 21.4 Å². The number of carbonyl (C=O) groups is 1. The van der Waals surface area contributed by atoms with E-state index < -0.39 is 31.9 Å². The topological polar surface area (TPSA) is 120 Å². The van der Waals surface area contributed by atoms with Gasteiger partial charge in [-0.1, -0.05) is 18.2 Å². The van der Waals surface area contributed by atoms with Crippen LogP contribution in [0.1, 0.15) is 10.4 Å². The minimum Gasteiger partial charge on any atom is -0.365 e. The smallest absolute Gasteiger partial charge is 0.282 e. The van der Waals surface area contributed by atoms with Gasteiger partial charge in [-0.05, 0) is 24.3 Å². The number of benzene rings is 2. The molecule has 2 aromatic rings. The van der Waals surface area contributed by atoms with Crippen LogP contribution in [-0.2, 0) is 9.84 Å². The highest BCUT2D eigenvalue weighted by Crippen LogP contribution is 2.26. The molecule has 0 aromatic heterocycles. The minimum atomic E-state index is -3.87. The van der Waals surface area contributed by atoms with Gasteiger partial charge in [0.15, 0.2) is 0 Å². The maximum Gasteiger partial charge on any atom is 0.282 e. The molecule has 2 N–H and O–H groups in total. The van der Waals surface area contributed by atoms with Gasteiger partial charge in [0.05, 0.1) is 14.7 Å². The first-order chi connectivity index (χ1) is 9.84. The summed E-state index contributed by atoms with van der Waals surface area (Å²) in [5.74, 6) is -1.06. The zero-order chi connectivity index (χ0) is 15.6. The van der Waals surface area contributed by atoms with Crippen molar-refractivity contribution in [2.45, 2.75) is 9.79 Å². The molecular formula is C13H10N2O5S. The summed E-state index contributed by atoms with van der Waals surface area (Å²) in [5, 5.41) is 10.8. The zero-order valence-electron chi connectivity index (χ0n) is 10.6. The lowest BCUT2D eigenvalue weighted by molar-refractivity contribution is -0.385. The van der Waals surface area contributed by atoms with Gasteiger partial charge < -0.3 is 5.73 Å². The predicted molar refractivity (Wildman–Crippen MR) is 73.5 cm³/mol. The molecule has 0 heterocycles. The Bertz CT molecular complexity index is 816. The first kappa shape index (κ1) is 14.7. The maximum atomic E-state index is 12.4. The highest BCUT2D eigenvalue weighted by Gasteiger charge is 2.24. The summed E-state index contributed by atoms with van der Waals surface area (Å²) in [6.45, 7) is 0. The van der Waals surface area contributed by atoms with Crippen LogP contribution in [-0.4, -0.2) is 19.2 Å². The number of nitro groups is 1. The average molecular weight is 306 g/mol. The second kappa shape index (κ2) is 5.33. The summed E-state index contributed by atoms with van der Waals surface area (Å²) in [4.78, 5) is 21.1. The lowest BCUT2D eigenvalue weighted by Gasteiger charge is -2.06. The number of amides is 1. The predicted octanol–water partition coefficient (Wildman–Crippen LogP) is 1.53. The van der Waals surface area contributed by atoms with Crippen LogP contribution in [0.3, 0.4) is 0 Å². The van der Waals surface area contributed by atoms with Crippen molar-refractivity contribution in [3.05, 3.63) is 64.2 Å². The molecule has 8 heteroatoms. The van der Waals surface area contributed by atoms with Crippen molar-refractivity contribution in [2.24, 2.45) is 5.73 Å². The molecule has 2 rings (SSSR count). The van der Waals surface area contributed by atoms with E-state index >= 15 is 0 Å². The SMILES string of the molecule is NC(=O)c1cc(S(=O)(=O)c2ccccc2)ccc1[N+](=O)[O-]. The number of primary amides is 1. The van der Waals surface area contributed by atoms with Gasteiger partial charge in [-0.25, -0.2) is 8.42 Å². The van der Waals surface area contributed by atoms with Gasteiger partial charge in [-0.2, -0.15) is 0 Å². The number of hydrogen-bond acceptors (Lipinski definition) is 5. The van der Waals surface area contributed by atoms with Crippen molar-refractivity contribution in [3.8, 4) is 0 Å². The van der Waals surface area contributed by atoms with E-state index in [2.05, 4.69) is 0 Å². The van der Waals surface area contributed by atoms with Crippen LogP contribution in [0, 0.1) is 10.1 Å². The van der Waals surface area contributed by atoms with Gasteiger partial charge in [0.1, 0.15) is 5.56 Å². The number of nitro benzene ring substituents is 1. The Hall–Kier alpha value is -2.74. The van der Waals surface area contributed by atoms with Gasteiger partial charge in [-0.3, -0.25) is 14.9 Å². The van der Waals surface area contributed by atoms with Gasteiger partial charge in [0.25, 0.3) is 11.6 Å². The van der Waals surface area contributed by atoms with Crippen LogP contribution in [0.2, 0.25) is 0 Å². The monoisotopic (exact) mass is 306 g/mol. The second-order valence-corrected chi connectivity index (χ2v) is 6.07. The van der Waals surface area contributed by atoms with E-state index in [1.165, 1.54) is 12.1 Å². The molecule has 1 amide bonds. The zero-order valence-corrected chi connectivity index (χ0v) is 11.4. The van der Waals surface area contributed by atoms with Crippen molar-refractivity contribution in [1.82, 2.24) is 0 Å². The fraction of sp³-hybridized carbons (Fsp3) is 0. The van der Waals surface area contributed by atoms with Crippen LogP contribution >= 0.6 is 0 Å². The summed E-state index contributed by atoms with van der Waals surface area (Å²) >= 11 is 0. The number of sulfone groups is 1. The van der Waals surface area contributed by atoms with Gasteiger partial charge in [-0.15, -0.1) is 0 Å². The van der Waals surface area contributed by atoms with Crippen molar-refractivity contribution in [3.63, 3.8) is 0 Å². The summed E-state index contributed by atoms with van der Waals surface area (Å²) < 4.78 is 24.7. The third-order valence-electron chi connectivity index (χ3n) is 2.79. The molecule has 0 aliphatic carbocycles. The molecule has 0 atom stereocenters. The highest BCUT2D eigenvalue weighted by atomic mass is 32.2. The molecular weight excluding hydrogens is 296 g/mol. The van der Waals surface area contributed by atoms with Crippen molar-refractivity contribution in [1.29, 1.82) is 0 Å². The summed E-state index contributed by atoms with van der Waals surface area (Å²) in [7, 11) is -3.87. The van der Waals surface area contributed by atoms with E-state index in [0.717, 1.165) is 18.2 Å².